The molecule has 35 heavy (non-hydrogen) atoms. The Morgan fingerprint density at radius 1 is 1.11 bits per heavy atom. The molecule has 3 aromatic heterocycles. The zero-order valence-corrected chi connectivity index (χ0v) is 19.7. The van der Waals surface area contributed by atoms with Crippen molar-refractivity contribution in [2.24, 2.45) is 0 Å². The molecule has 0 bridgehead atoms. The number of imidazole rings is 1. The van der Waals surface area contributed by atoms with Crippen molar-refractivity contribution in [2.45, 2.75) is 27.3 Å². The number of aromatic nitrogens is 6. The van der Waals surface area contributed by atoms with Crippen molar-refractivity contribution in [1.82, 2.24) is 29.7 Å². The van der Waals surface area contributed by atoms with E-state index in [4.69, 9.17) is 4.84 Å². The fourth-order valence-electron chi connectivity index (χ4n) is 3.83. The number of hydrogen-bond donors (Lipinski definition) is 2. The Labute approximate surface area is 202 Å². The van der Waals surface area contributed by atoms with Gasteiger partial charge in [-0.2, -0.15) is 5.10 Å². The van der Waals surface area contributed by atoms with Gasteiger partial charge in [0, 0.05) is 36.1 Å². The second-order valence-corrected chi connectivity index (χ2v) is 8.09. The fraction of sp³-hybridized carbons (Fsp3) is 0.154. The van der Waals surface area contributed by atoms with E-state index in [0.717, 1.165) is 33.7 Å². The monoisotopic (exact) mass is 467 g/mol. The Hall–Kier alpha value is -4.66. The second kappa shape index (κ2) is 9.30. The highest BCUT2D eigenvalue weighted by atomic mass is 16.7. The zero-order chi connectivity index (χ0) is 24.4. The van der Waals surface area contributed by atoms with E-state index in [9.17, 15) is 4.79 Å². The van der Waals surface area contributed by atoms with Crippen molar-refractivity contribution >= 4 is 34.6 Å². The van der Waals surface area contributed by atoms with Gasteiger partial charge in [-0.3, -0.25) is 9.48 Å². The smallest absolute Gasteiger partial charge is 0.273 e. The lowest BCUT2D eigenvalue weighted by Gasteiger charge is -2.12. The molecule has 0 saturated heterocycles. The Bertz CT molecular complexity index is 1530. The van der Waals surface area contributed by atoms with Crippen molar-refractivity contribution in [3.05, 3.63) is 89.4 Å². The highest BCUT2D eigenvalue weighted by molar-refractivity contribution is 6.03. The summed E-state index contributed by atoms with van der Waals surface area (Å²) >= 11 is 0. The number of nitrogens with zero attached hydrogens (tertiary/aromatic N) is 5. The van der Waals surface area contributed by atoms with Gasteiger partial charge in [-0.1, -0.05) is 29.1 Å². The summed E-state index contributed by atoms with van der Waals surface area (Å²) in [5, 5.41) is 12.9. The van der Waals surface area contributed by atoms with E-state index in [1.807, 2.05) is 69.3 Å². The first-order valence-corrected chi connectivity index (χ1v) is 11.3. The first-order chi connectivity index (χ1) is 17.0. The number of rotatable bonds is 7. The van der Waals surface area contributed by atoms with Crippen molar-refractivity contribution in [3.63, 3.8) is 0 Å². The minimum atomic E-state index is -0.220. The molecule has 1 amide bonds. The molecule has 0 aliphatic rings. The number of carbonyl (C=O) groups excluding carboxylic acids is 1. The van der Waals surface area contributed by atoms with Gasteiger partial charge in [0.1, 0.15) is 17.0 Å². The van der Waals surface area contributed by atoms with Gasteiger partial charge >= 0.3 is 0 Å². The summed E-state index contributed by atoms with van der Waals surface area (Å²) in [5.41, 5.74) is 4.46. The maximum absolute atomic E-state index is 12.9. The summed E-state index contributed by atoms with van der Waals surface area (Å²) in [6.07, 6.45) is 7.22. The average molecular weight is 468 g/mol. The van der Waals surface area contributed by atoms with Crippen LogP contribution in [0.3, 0.4) is 0 Å². The van der Waals surface area contributed by atoms with Gasteiger partial charge in [-0.05, 0) is 56.7 Å². The van der Waals surface area contributed by atoms with E-state index in [2.05, 4.69) is 25.5 Å². The lowest BCUT2D eigenvalue weighted by Crippen LogP contribution is -2.18. The van der Waals surface area contributed by atoms with Crippen molar-refractivity contribution in [3.8, 4) is 5.75 Å². The van der Waals surface area contributed by atoms with Gasteiger partial charge in [0.05, 0.1) is 11.4 Å². The third-order valence-electron chi connectivity index (χ3n) is 5.59. The van der Waals surface area contributed by atoms with Crippen LogP contribution in [-0.4, -0.2) is 35.6 Å². The molecule has 9 nitrogen and oxygen atoms in total. The molecule has 0 aliphatic heterocycles. The van der Waals surface area contributed by atoms with Gasteiger partial charge in [0.15, 0.2) is 5.75 Å². The van der Waals surface area contributed by atoms with Crippen molar-refractivity contribution in [2.75, 3.05) is 5.32 Å². The number of fused-ring (bicyclic) bond motifs is 1. The van der Waals surface area contributed by atoms with Gasteiger partial charge in [-0.25, -0.2) is 4.98 Å². The lowest BCUT2D eigenvalue weighted by molar-refractivity contribution is 0.101. The number of anilines is 1. The van der Waals surface area contributed by atoms with Gasteiger partial charge in [0.25, 0.3) is 5.91 Å². The molecule has 9 heteroatoms. The van der Waals surface area contributed by atoms with Crippen molar-refractivity contribution in [1.29, 1.82) is 0 Å². The molecule has 2 N–H and O–H groups in total. The summed E-state index contributed by atoms with van der Waals surface area (Å²) in [4.78, 5) is 27.8. The molecule has 0 spiro atoms. The van der Waals surface area contributed by atoms with E-state index < -0.39 is 0 Å². The number of amides is 1. The Kier molecular flexibility index (Phi) is 5.88. The third-order valence-corrected chi connectivity index (χ3v) is 5.59. The summed E-state index contributed by atoms with van der Waals surface area (Å²) in [6.45, 7) is 6.37. The number of nitrogens with one attached hydrogen (secondary N) is 2. The number of benzene rings is 2. The predicted octanol–water partition coefficient (Wildman–Crippen LogP) is 4.86. The standard InChI is InChI=1S/C26H25N7O2/c1-4-32-24(15-18(3)30-32)26(34)29-22-16-19(10-9-17(22)2)35-33-23-8-6-5-7-20(23)21(31-33)11-12-25-27-13-14-28-25/h5-16H,4H2,1-3H3,(H,27,28)(H,29,34)/b12-11+. The maximum Gasteiger partial charge on any atom is 0.273 e. The number of aryl methyl sites for hydroxylation is 3. The minimum Gasteiger partial charge on any atom is -0.357 e. The maximum atomic E-state index is 12.9. The van der Waals surface area contributed by atoms with Gasteiger partial charge in [0.2, 0.25) is 0 Å². The van der Waals surface area contributed by atoms with Crippen LogP contribution in [0.5, 0.6) is 5.75 Å². The van der Waals surface area contributed by atoms with Gasteiger partial charge < -0.3 is 15.1 Å². The third kappa shape index (κ3) is 4.56. The molecule has 5 rings (SSSR count). The molecule has 0 fully saturated rings. The van der Waals surface area contributed by atoms with Crippen LogP contribution < -0.4 is 10.2 Å². The van der Waals surface area contributed by atoms with Crippen LogP contribution in [0.1, 0.15) is 40.2 Å². The van der Waals surface area contributed by atoms with E-state index >= 15 is 0 Å². The molecule has 0 radical (unpaired) electrons. The molecule has 2 aromatic carbocycles. The molecule has 0 saturated carbocycles. The minimum absolute atomic E-state index is 0.220. The number of para-hydroxylation sites is 1. The molecular formula is C26H25N7O2. The number of aromatic amines is 1. The molecule has 0 aliphatic carbocycles. The largest absolute Gasteiger partial charge is 0.357 e. The summed E-state index contributed by atoms with van der Waals surface area (Å²) < 4.78 is 1.69. The van der Waals surface area contributed by atoms with Crippen LogP contribution in [0.25, 0.3) is 23.1 Å². The average Bonchev–Trinajstić information content (AvgIpc) is 3.59. The first-order valence-electron chi connectivity index (χ1n) is 11.3. The number of carbonyl (C=O) groups is 1. The van der Waals surface area contributed by atoms with Crippen LogP contribution in [0, 0.1) is 13.8 Å². The second-order valence-electron chi connectivity index (χ2n) is 8.09. The van der Waals surface area contributed by atoms with Gasteiger partial charge in [-0.15, -0.1) is 5.10 Å². The summed E-state index contributed by atoms with van der Waals surface area (Å²) in [5.74, 6) is 1.06. The van der Waals surface area contributed by atoms with E-state index in [0.29, 0.717) is 23.7 Å². The van der Waals surface area contributed by atoms with E-state index in [1.54, 1.807) is 29.2 Å². The molecule has 5 aromatic rings. The quantitative estimate of drug-likeness (QED) is 0.356. The predicted molar refractivity (Wildman–Crippen MR) is 135 cm³/mol. The number of hydrogen-bond acceptors (Lipinski definition) is 5. The normalized spacial score (nSPS) is 11.4. The molecule has 0 unspecified atom stereocenters. The van der Waals surface area contributed by atoms with Crippen LogP contribution in [0.4, 0.5) is 5.69 Å². The fourth-order valence-corrected chi connectivity index (χ4v) is 3.83. The zero-order valence-electron chi connectivity index (χ0n) is 19.7. The Balaban J connectivity index is 1.42. The van der Waals surface area contributed by atoms with Crippen LogP contribution in [-0.2, 0) is 6.54 Å². The Morgan fingerprint density at radius 2 is 1.97 bits per heavy atom. The SMILES string of the molecule is CCn1nc(C)cc1C(=O)Nc1cc(On2nc(/C=C/c3ncc[nH]3)c3ccccc32)ccc1C. The molecule has 0 atom stereocenters. The number of H-pyrrole nitrogens is 1. The van der Waals surface area contributed by atoms with Crippen LogP contribution >= 0.6 is 0 Å². The first kappa shape index (κ1) is 22.1. The Morgan fingerprint density at radius 3 is 2.77 bits per heavy atom. The topological polar surface area (TPSA) is 103 Å². The molecule has 3 heterocycles. The van der Waals surface area contributed by atoms with E-state index in [1.165, 1.54) is 4.85 Å². The summed E-state index contributed by atoms with van der Waals surface area (Å²) in [7, 11) is 0. The molecule has 176 valence electrons. The van der Waals surface area contributed by atoms with Crippen LogP contribution in [0.2, 0.25) is 0 Å². The van der Waals surface area contributed by atoms with E-state index in [-0.39, 0.29) is 5.91 Å². The highest BCUT2D eigenvalue weighted by Crippen LogP contribution is 2.26. The summed E-state index contributed by atoms with van der Waals surface area (Å²) in [6, 6.07) is 15.1. The van der Waals surface area contributed by atoms with Crippen LogP contribution in [0.15, 0.2) is 60.9 Å². The van der Waals surface area contributed by atoms with Crippen molar-refractivity contribution < 1.29 is 9.63 Å². The molecular weight excluding hydrogens is 442 g/mol. The lowest BCUT2D eigenvalue weighted by atomic mass is 10.2. The highest BCUT2D eigenvalue weighted by Gasteiger charge is 2.16.